The molecule has 0 aromatic carbocycles. The summed E-state index contributed by atoms with van der Waals surface area (Å²) in [5, 5.41) is 9.11. The number of aliphatic hydroxyl groups excluding tert-OH is 1. The number of nitrogens with zero attached hydrogens (tertiary/aromatic N) is 3. The summed E-state index contributed by atoms with van der Waals surface area (Å²) >= 11 is 0. The Labute approximate surface area is 97.3 Å². The maximum atomic E-state index is 9.11. The van der Waals surface area contributed by atoms with E-state index in [0.29, 0.717) is 12.6 Å². The monoisotopic (exact) mass is 223 g/mol. The third kappa shape index (κ3) is 3.17. The van der Waals surface area contributed by atoms with Crippen molar-refractivity contribution in [2.75, 3.05) is 18.1 Å². The van der Waals surface area contributed by atoms with Crippen LogP contribution in [0.15, 0.2) is 12.3 Å². The van der Waals surface area contributed by atoms with Crippen LogP contribution in [0.3, 0.4) is 0 Å². The maximum absolute atomic E-state index is 9.11. The highest BCUT2D eigenvalue weighted by molar-refractivity contribution is 5.31. The lowest BCUT2D eigenvalue weighted by atomic mass is 10.1. The van der Waals surface area contributed by atoms with E-state index in [1.165, 1.54) is 0 Å². The van der Waals surface area contributed by atoms with Crippen molar-refractivity contribution in [3.05, 3.63) is 18.0 Å². The molecule has 0 fully saturated rings. The predicted molar refractivity (Wildman–Crippen MR) is 65.6 cm³/mol. The van der Waals surface area contributed by atoms with Crippen molar-refractivity contribution >= 4 is 5.95 Å². The molecule has 0 spiro atoms. The Kier molecular flexibility index (Phi) is 5.19. The normalized spacial score (nSPS) is 10.8. The molecule has 0 radical (unpaired) electrons. The largest absolute Gasteiger partial charge is 0.395 e. The second-order valence-corrected chi connectivity index (χ2v) is 3.89. The van der Waals surface area contributed by atoms with Gasteiger partial charge in [0.2, 0.25) is 5.95 Å². The molecule has 0 saturated heterocycles. The van der Waals surface area contributed by atoms with Gasteiger partial charge in [-0.3, -0.25) is 0 Å². The van der Waals surface area contributed by atoms with E-state index >= 15 is 0 Å². The number of aliphatic hydroxyl groups is 1. The van der Waals surface area contributed by atoms with Gasteiger partial charge in [0.1, 0.15) is 0 Å². The Bertz CT molecular complexity index is 313. The average Bonchev–Trinajstić information content (AvgIpc) is 2.29. The molecule has 0 atom stereocenters. The molecule has 4 nitrogen and oxygen atoms in total. The smallest absolute Gasteiger partial charge is 0.225 e. The van der Waals surface area contributed by atoms with Gasteiger partial charge in [-0.05, 0) is 25.8 Å². The first-order chi connectivity index (χ1) is 7.72. The van der Waals surface area contributed by atoms with Crippen LogP contribution >= 0.6 is 0 Å². The molecule has 90 valence electrons. The molecule has 0 saturated carbocycles. The van der Waals surface area contributed by atoms with Gasteiger partial charge in [0, 0.05) is 24.5 Å². The van der Waals surface area contributed by atoms with E-state index in [-0.39, 0.29) is 6.61 Å². The second-order valence-electron chi connectivity index (χ2n) is 3.89. The molecular weight excluding hydrogens is 202 g/mol. The fraction of sp³-hybridized carbons (Fsp3) is 0.667. The lowest BCUT2D eigenvalue weighted by molar-refractivity contribution is 0.295. The van der Waals surface area contributed by atoms with Crippen molar-refractivity contribution in [1.29, 1.82) is 0 Å². The molecule has 1 rings (SSSR count). The van der Waals surface area contributed by atoms with Gasteiger partial charge in [-0.15, -0.1) is 0 Å². The first-order valence-corrected chi connectivity index (χ1v) is 5.90. The van der Waals surface area contributed by atoms with E-state index in [2.05, 4.69) is 28.7 Å². The highest BCUT2D eigenvalue weighted by atomic mass is 16.3. The molecule has 0 aliphatic heterocycles. The highest BCUT2D eigenvalue weighted by Crippen LogP contribution is 2.15. The third-order valence-corrected chi connectivity index (χ3v) is 2.76. The number of hydrogen-bond acceptors (Lipinski definition) is 4. The fourth-order valence-corrected chi connectivity index (χ4v) is 1.86. The summed E-state index contributed by atoms with van der Waals surface area (Å²) in [4.78, 5) is 10.8. The zero-order chi connectivity index (χ0) is 12.0. The van der Waals surface area contributed by atoms with Crippen LogP contribution in [0.2, 0.25) is 0 Å². The van der Waals surface area contributed by atoms with Gasteiger partial charge in [-0.2, -0.15) is 0 Å². The summed E-state index contributed by atoms with van der Waals surface area (Å²) in [5.41, 5.74) is 0.957. The first kappa shape index (κ1) is 12.9. The lowest BCUT2D eigenvalue weighted by Crippen LogP contribution is -2.38. The van der Waals surface area contributed by atoms with Gasteiger partial charge in [0.15, 0.2) is 0 Å². The summed E-state index contributed by atoms with van der Waals surface area (Å²) in [6.45, 7) is 6.97. The Hall–Kier alpha value is -1.16. The van der Waals surface area contributed by atoms with E-state index in [9.17, 15) is 0 Å². The van der Waals surface area contributed by atoms with Crippen molar-refractivity contribution in [3.63, 3.8) is 0 Å². The minimum Gasteiger partial charge on any atom is -0.395 e. The number of aryl methyl sites for hydroxylation is 1. The number of anilines is 1. The zero-order valence-corrected chi connectivity index (χ0v) is 10.3. The summed E-state index contributed by atoms with van der Waals surface area (Å²) < 4.78 is 0. The van der Waals surface area contributed by atoms with E-state index in [4.69, 9.17) is 5.11 Å². The Morgan fingerprint density at radius 2 is 2.06 bits per heavy atom. The standard InChI is InChI=1S/C12H21N3O/c1-4-11(5-2)15(8-9-16)12-13-7-6-10(3)14-12/h6-7,11,16H,4-5,8-9H2,1-3H3. The number of hydrogen-bond donors (Lipinski definition) is 1. The second kappa shape index (κ2) is 6.43. The van der Waals surface area contributed by atoms with E-state index in [0.717, 1.165) is 24.5 Å². The molecule has 4 heteroatoms. The predicted octanol–water partition coefficient (Wildman–Crippen LogP) is 1.77. The zero-order valence-electron chi connectivity index (χ0n) is 10.3. The van der Waals surface area contributed by atoms with Gasteiger partial charge in [-0.1, -0.05) is 13.8 Å². The maximum Gasteiger partial charge on any atom is 0.225 e. The topological polar surface area (TPSA) is 49.2 Å². The van der Waals surface area contributed by atoms with Crippen LogP contribution in [0.4, 0.5) is 5.95 Å². The molecule has 0 aliphatic rings. The lowest BCUT2D eigenvalue weighted by Gasteiger charge is -2.29. The minimum absolute atomic E-state index is 0.133. The summed E-state index contributed by atoms with van der Waals surface area (Å²) in [6.07, 6.45) is 3.84. The number of rotatable bonds is 6. The highest BCUT2D eigenvalue weighted by Gasteiger charge is 2.17. The summed E-state index contributed by atoms with van der Waals surface area (Å²) in [7, 11) is 0. The van der Waals surface area contributed by atoms with Crippen LogP contribution in [0, 0.1) is 6.92 Å². The molecule has 0 aliphatic carbocycles. The SMILES string of the molecule is CCC(CC)N(CCO)c1nccc(C)n1. The molecule has 16 heavy (non-hydrogen) atoms. The van der Waals surface area contributed by atoms with Crippen LogP contribution in [0.5, 0.6) is 0 Å². The van der Waals surface area contributed by atoms with Crippen molar-refractivity contribution < 1.29 is 5.11 Å². The van der Waals surface area contributed by atoms with E-state index in [1.54, 1.807) is 6.20 Å². The van der Waals surface area contributed by atoms with Crippen LogP contribution in [-0.4, -0.2) is 34.3 Å². The Morgan fingerprint density at radius 3 is 2.56 bits per heavy atom. The number of aromatic nitrogens is 2. The molecule has 0 bridgehead atoms. The third-order valence-electron chi connectivity index (χ3n) is 2.76. The Balaban J connectivity index is 2.91. The molecule has 0 amide bonds. The van der Waals surface area contributed by atoms with Crippen molar-refractivity contribution in [2.45, 2.75) is 39.7 Å². The molecule has 1 N–H and O–H groups in total. The minimum atomic E-state index is 0.133. The van der Waals surface area contributed by atoms with Crippen LogP contribution in [0.1, 0.15) is 32.4 Å². The van der Waals surface area contributed by atoms with Gasteiger partial charge >= 0.3 is 0 Å². The van der Waals surface area contributed by atoms with Gasteiger partial charge in [-0.25, -0.2) is 9.97 Å². The molecule has 1 aromatic rings. The van der Waals surface area contributed by atoms with Crippen LogP contribution < -0.4 is 4.90 Å². The summed E-state index contributed by atoms with van der Waals surface area (Å²) in [6, 6.07) is 2.28. The Morgan fingerprint density at radius 1 is 1.38 bits per heavy atom. The van der Waals surface area contributed by atoms with E-state index in [1.807, 2.05) is 13.0 Å². The van der Waals surface area contributed by atoms with E-state index < -0.39 is 0 Å². The van der Waals surface area contributed by atoms with Crippen molar-refractivity contribution in [3.8, 4) is 0 Å². The van der Waals surface area contributed by atoms with Crippen LogP contribution in [-0.2, 0) is 0 Å². The molecular formula is C12H21N3O. The van der Waals surface area contributed by atoms with Gasteiger partial charge < -0.3 is 10.0 Å². The van der Waals surface area contributed by atoms with Gasteiger partial charge in [0.25, 0.3) is 0 Å². The quantitative estimate of drug-likeness (QED) is 0.798. The van der Waals surface area contributed by atoms with Gasteiger partial charge in [0.05, 0.1) is 6.61 Å². The molecule has 1 heterocycles. The molecule has 1 aromatic heterocycles. The average molecular weight is 223 g/mol. The van der Waals surface area contributed by atoms with Crippen LogP contribution in [0.25, 0.3) is 0 Å². The van der Waals surface area contributed by atoms with Crippen molar-refractivity contribution in [2.24, 2.45) is 0 Å². The first-order valence-electron chi connectivity index (χ1n) is 5.90. The van der Waals surface area contributed by atoms with Crippen molar-refractivity contribution in [1.82, 2.24) is 9.97 Å². The fourth-order valence-electron chi connectivity index (χ4n) is 1.86. The molecule has 0 unspecified atom stereocenters. The summed E-state index contributed by atoms with van der Waals surface area (Å²) in [5.74, 6) is 0.725.